The van der Waals surface area contributed by atoms with Gasteiger partial charge in [0, 0.05) is 0 Å². The average Bonchev–Trinajstić information content (AvgIpc) is 2.59. The maximum absolute atomic E-state index is 13.8. The number of hydrogen-bond acceptors (Lipinski definition) is 5. The minimum absolute atomic E-state index is 0.0372. The Morgan fingerprint density at radius 1 is 1.12 bits per heavy atom. The predicted molar refractivity (Wildman–Crippen MR) is 94.3 cm³/mol. The number of aliphatic hydroxyl groups excluding tert-OH is 2. The number of aliphatic hydroxyl groups is 2. The second-order valence-electron chi connectivity index (χ2n) is 5.75. The molecule has 2 aromatic rings. The molecule has 0 aliphatic carbocycles. The van der Waals surface area contributed by atoms with Gasteiger partial charge in [-0.1, -0.05) is 23.8 Å². The molecule has 0 aromatic heterocycles. The molecule has 0 aliphatic heterocycles. The first kappa shape index (κ1) is 20.0. The van der Waals surface area contributed by atoms with Gasteiger partial charge >= 0.3 is 0 Å². The van der Waals surface area contributed by atoms with Crippen molar-refractivity contribution in [3.8, 4) is 0 Å². The van der Waals surface area contributed by atoms with Crippen LogP contribution in [-0.2, 0) is 19.7 Å². The van der Waals surface area contributed by atoms with Crippen LogP contribution in [0.25, 0.3) is 0 Å². The molecule has 0 spiro atoms. The van der Waals surface area contributed by atoms with Gasteiger partial charge in [-0.05, 0) is 52.7 Å². The number of hydrogen-bond donors (Lipinski definition) is 2. The third kappa shape index (κ3) is 4.45. The molecule has 5 nitrogen and oxygen atoms in total. The molecule has 0 radical (unpaired) electrons. The fourth-order valence-electron chi connectivity index (χ4n) is 2.20. The minimum Gasteiger partial charge on any atom is -0.395 e. The van der Waals surface area contributed by atoms with Crippen molar-refractivity contribution in [1.29, 1.82) is 0 Å². The SMILES string of the molecule is Cc1ccc(S(=O)(=O)OCC(CO)(CO)c2ccc(Br)c(F)c2)cc1. The molecule has 0 unspecified atom stereocenters. The summed E-state index contributed by atoms with van der Waals surface area (Å²) in [5, 5.41) is 19.4. The molecule has 0 bridgehead atoms. The van der Waals surface area contributed by atoms with E-state index in [1.54, 1.807) is 12.1 Å². The topological polar surface area (TPSA) is 83.8 Å². The van der Waals surface area contributed by atoms with Crippen LogP contribution in [0.2, 0.25) is 0 Å². The summed E-state index contributed by atoms with van der Waals surface area (Å²) < 4.78 is 43.7. The third-order valence-corrected chi connectivity index (χ3v) is 5.86. The summed E-state index contributed by atoms with van der Waals surface area (Å²) in [4.78, 5) is -0.0372. The summed E-state index contributed by atoms with van der Waals surface area (Å²) >= 11 is 3.02. The van der Waals surface area contributed by atoms with Gasteiger partial charge < -0.3 is 10.2 Å². The fourth-order valence-corrected chi connectivity index (χ4v) is 3.43. The largest absolute Gasteiger partial charge is 0.395 e. The molecular formula is C17H18BrFO5S. The quantitative estimate of drug-likeness (QED) is 0.656. The van der Waals surface area contributed by atoms with Gasteiger partial charge in [-0.25, -0.2) is 4.39 Å². The number of halogens is 2. The smallest absolute Gasteiger partial charge is 0.297 e. The van der Waals surface area contributed by atoms with Gasteiger partial charge in [0.1, 0.15) is 5.82 Å². The third-order valence-electron chi connectivity index (χ3n) is 3.94. The molecule has 0 fully saturated rings. The molecule has 0 saturated carbocycles. The second-order valence-corrected chi connectivity index (χ2v) is 8.22. The molecule has 2 N–H and O–H groups in total. The Bertz CT molecular complexity index is 833. The highest BCUT2D eigenvalue weighted by molar-refractivity contribution is 9.10. The highest BCUT2D eigenvalue weighted by atomic mass is 79.9. The molecule has 136 valence electrons. The Morgan fingerprint density at radius 2 is 1.72 bits per heavy atom. The molecule has 2 rings (SSSR count). The summed E-state index contributed by atoms with van der Waals surface area (Å²) in [5.41, 5.74) is -0.332. The molecule has 0 saturated heterocycles. The van der Waals surface area contributed by atoms with Crippen LogP contribution in [0.15, 0.2) is 51.8 Å². The molecule has 0 aliphatic rings. The lowest BCUT2D eigenvalue weighted by Gasteiger charge is -2.29. The summed E-state index contributed by atoms with van der Waals surface area (Å²) in [7, 11) is -4.08. The van der Waals surface area contributed by atoms with E-state index >= 15 is 0 Å². The lowest BCUT2D eigenvalue weighted by atomic mass is 9.83. The van der Waals surface area contributed by atoms with Crippen molar-refractivity contribution in [2.75, 3.05) is 19.8 Å². The van der Waals surface area contributed by atoms with Crippen LogP contribution >= 0.6 is 15.9 Å². The van der Waals surface area contributed by atoms with Crippen molar-refractivity contribution in [1.82, 2.24) is 0 Å². The standard InChI is InChI=1S/C17H18BrFO5S/c1-12-2-5-14(6-3-12)25(22,23)24-11-17(9-20,10-21)13-4-7-15(18)16(19)8-13/h2-8,20-21H,9-11H2,1H3. The predicted octanol–water partition coefficient (Wildman–Crippen LogP) is 2.52. The van der Waals surface area contributed by atoms with Crippen LogP contribution in [0.3, 0.4) is 0 Å². The van der Waals surface area contributed by atoms with E-state index in [1.807, 2.05) is 6.92 Å². The van der Waals surface area contributed by atoms with E-state index in [9.17, 15) is 23.0 Å². The normalized spacial score (nSPS) is 12.4. The highest BCUT2D eigenvalue weighted by Gasteiger charge is 2.34. The summed E-state index contributed by atoms with van der Waals surface area (Å²) in [6, 6.07) is 10.1. The number of rotatable bonds is 7. The lowest BCUT2D eigenvalue weighted by molar-refractivity contribution is 0.0752. The summed E-state index contributed by atoms with van der Waals surface area (Å²) in [6.07, 6.45) is 0. The Morgan fingerprint density at radius 3 is 2.24 bits per heavy atom. The van der Waals surface area contributed by atoms with Crippen molar-refractivity contribution in [2.24, 2.45) is 0 Å². The van der Waals surface area contributed by atoms with E-state index in [2.05, 4.69) is 15.9 Å². The second kappa shape index (κ2) is 7.92. The zero-order chi connectivity index (χ0) is 18.7. The Hall–Kier alpha value is -1.32. The first-order valence-electron chi connectivity index (χ1n) is 7.37. The van der Waals surface area contributed by atoms with Gasteiger partial charge in [0.2, 0.25) is 0 Å². The summed E-state index contributed by atoms with van der Waals surface area (Å²) in [5.74, 6) is -0.592. The Labute approximate surface area is 154 Å². The van der Waals surface area contributed by atoms with Crippen LogP contribution in [0.4, 0.5) is 4.39 Å². The van der Waals surface area contributed by atoms with Gasteiger partial charge in [-0.3, -0.25) is 4.18 Å². The fraction of sp³-hybridized carbons (Fsp3) is 0.294. The van der Waals surface area contributed by atoms with Crippen LogP contribution < -0.4 is 0 Å². The van der Waals surface area contributed by atoms with E-state index in [0.717, 1.165) is 11.6 Å². The van der Waals surface area contributed by atoms with Gasteiger partial charge in [0.05, 0.1) is 34.6 Å². The van der Waals surface area contributed by atoms with Crippen molar-refractivity contribution in [2.45, 2.75) is 17.2 Å². The van der Waals surface area contributed by atoms with Crippen molar-refractivity contribution in [3.05, 3.63) is 63.9 Å². The molecule has 8 heteroatoms. The molecule has 0 atom stereocenters. The van der Waals surface area contributed by atoms with Crippen molar-refractivity contribution >= 4 is 26.0 Å². The monoisotopic (exact) mass is 432 g/mol. The van der Waals surface area contributed by atoms with Crippen molar-refractivity contribution in [3.63, 3.8) is 0 Å². The summed E-state index contributed by atoms with van der Waals surface area (Å²) in [6.45, 7) is 0.0567. The molecule has 0 heterocycles. The van der Waals surface area contributed by atoms with Gasteiger partial charge in [0.25, 0.3) is 10.1 Å². The van der Waals surface area contributed by atoms with Gasteiger partial charge in [-0.15, -0.1) is 0 Å². The van der Waals surface area contributed by atoms with E-state index in [4.69, 9.17) is 4.18 Å². The van der Waals surface area contributed by atoms with E-state index in [-0.39, 0.29) is 14.9 Å². The first-order valence-corrected chi connectivity index (χ1v) is 9.57. The van der Waals surface area contributed by atoms with E-state index in [1.165, 1.54) is 24.3 Å². The van der Waals surface area contributed by atoms with E-state index in [0.29, 0.717) is 0 Å². The van der Waals surface area contributed by atoms with Crippen LogP contribution in [0, 0.1) is 12.7 Å². The van der Waals surface area contributed by atoms with Crippen LogP contribution in [0.1, 0.15) is 11.1 Å². The minimum atomic E-state index is -4.08. The zero-order valence-corrected chi connectivity index (χ0v) is 15.8. The molecule has 2 aromatic carbocycles. The maximum atomic E-state index is 13.8. The number of aryl methyl sites for hydroxylation is 1. The maximum Gasteiger partial charge on any atom is 0.297 e. The first-order chi connectivity index (χ1) is 11.7. The van der Waals surface area contributed by atoms with Gasteiger partial charge in [-0.2, -0.15) is 8.42 Å². The zero-order valence-electron chi connectivity index (χ0n) is 13.4. The Balaban J connectivity index is 2.29. The van der Waals surface area contributed by atoms with Crippen LogP contribution in [-0.4, -0.2) is 38.5 Å². The van der Waals surface area contributed by atoms with E-state index < -0.39 is 41.2 Å². The lowest BCUT2D eigenvalue weighted by Crippen LogP contribution is -2.40. The Kier molecular flexibility index (Phi) is 6.34. The molecular weight excluding hydrogens is 415 g/mol. The van der Waals surface area contributed by atoms with Crippen molar-refractivity contribution < 1.29 is 27.2 Å². The molecule has 25 heavy (non-hydrogen) atoms. The highest BCUT2D eigenvalue weighted by Crippen LogP contribution is 2.29. The average molecular weight is 433 g/mol. The molecule has 0 amide bonds. The number of benzene rings is 2. The van der Waals surface area contributed by atoms with Gasteiger partial charge in [0.15, 0.2) is 0 Å². The van der Waals surface area contributed by atoms with Crippen LogP contribution in [0.5, 0.6) is 0 Å².